The Balaban J connectivity index is 1.67. The smallest absolute Gasteiger partial charge is 0.273 e. The minimum atomic E-state index is -3.22. The number of halogens is 1. The number of amides is 1. The van der Waals surface area contributed by atoms with Crippen molar-refractivity contribution in [2.24, 2.45) is 0 Å². The van der Waals surface area contributed by atoms with E-state index in [1.165, 1.54) is 6.07 Å². The van der Waals surface area contributed by atoms with Gasteiger partial charge in [-0.15, -0.1) is 0 Å². The van der Waals surface area contributed by atoms with Crippen molar-refractivity contribution in [3.8, 4) is 22.8 Å². The molecule has 33 heavy (non-hydrogen) atoms. The maximum atomic E-state index is 13.5. The summed E-state index contributed by atoms with van der Waals surface area (Å²) in [6, 6.07) is 11.0. The zero-order valence-electron chi connectivity index (χ0n) is 17.8. The molecule has 1 fully saturated rings. The molecule has 5 rings (SSSR count). The second kappa shape index (κ2) is 8.07. The van der Waals surface area contributed by atoms with Gasteiger partial charge in [0, 0.05) is 22.2 Å². The Bertz CT molecular complexity index is 1340. The van der Waals surface area contributed by atoms with Gasteiger partial charge in [0.2, 0.25) is 0 Å². The van der Waals surface area contributed by atoms with Crippen LogP contribution in [-0.2, 0) is 9.84 Å². The van der Waals surface area contributed by atoms with Crippen LogP contribution in [0.1, 0.15) is 41.0 Å². The fourth-order valence-electron chi connectivity index (χ4n) is 4.68. The molecule has 0 aliphatic carbocycles. The van der Waals surface area contributed by atoms with Gasteiger partial charge in [-0.1, -0.05) is 23.7 Å². The topological polar surface area (TPSA) is 113 Å². The Morgan fingerprint density at radius 2 is 2.00 bits per heavy atom. The predicted octanol–water partition coefficient (Wildman–Crippen LogP) is 3.57. The minimum absolute atomic E-state index is 0.0199. The molecule has 2 aliphatic rings. The molecule has 10 heteroatoms. The first-order valence-electron chi connectivity index (χ1n) is 10.6. The number of aromatic amines is 1. The molecule has 172 valence electrons. The lowest BCUT2D eigenvalue weighted by atomic mass is 9.95. The lowest BCUT2D eigenvalue weighted by Gasteiger charge is -2.31. The average Bonchev–Trinajstić information content (AvgIpc) is 3.44. The molecule has 0 radical (unpaired) electrons. The fourth-order valence-corrected chi connectivity index (χ4v) is 6.56. The number of carbonyl (C=O) groups is 1. The SMILES string of the molecule is CCOc1ccc(C2c3c(-c4cc(Cl)ccc4O)n[nH]c3C(=O)N2C2CCS(=O)(=O)C2)cc1. The summed E-state index contributed by atoms with van der Waals surface area (Å²) in [5.41, 5.74) is 2.46. The molecule has 1 amide bonds. The van der Waals surface area contributed by atoms with Crippen molar-refractivity contribution in [1.29, 1.82) is 0 Å². The van der Waals surface area contributed by atoms with Gasteiger partial charge in [-0.2, -0.15) is 5.10 Å². The van der Waals surface area contributed by atoms with Crippen LogP contribution in [0.5, 0.6) is 11.5 Å². The van der Waals surface area contributed by atoms with Crippen LogP contribution in [0, 0.1) is 0 Å². The highest BCUT2D eigenvalue weighted by atomic mass is 35.5. The van der Waals surface area contributed by atoms with Crippen LogP contribution in [0.25, 0.3) is 11.3 Å². The van der Waals surface area contributed by atoms with Gasteiger partial charge < -0.3 is 14.7 Å². The number of nitrogens with zero attached hydrogens (tertiary/aromatic N) is 2. The number of phenolic OH excluding ortho intramolecular Hbond substituents is 1. The quantitative estimate of drug-likeness (QED) is 0.569. The van der Waals surface area contributed by atoms with Gasteiger partial charge in [-0.25, -0.2) is 8.42 Å². The normalized spacial score (nSPS) is 21.4. The van der Waals surface area contributed by atoms with Crippen molar-refractivity contribution in [3.05, 3.63) is 64.3 Å². The van der Waals surface area contributed by atoms with Crippen LogP contribution >= 0.6 is 11.6 Å². The molecule has 1 saturated heterocycles. The van der Waals surface area contributed by atoms with Crippen LogP contribution in [0.2, 0.25) is 5.02 Å². The van der Waals surface area contributed by atoms with Crippen LogP contribution in [0.3, 0.4) is 0 Å². The van der Waals surface area contributed by atoms with Crippen molar-refractivity contribution in [2.75, 3.05) is 18.1 Å². The van der Waals surface area contributed by atoms with Gasteiger partial charge in [0.05, 0.1) is 24.2 Å². The number of aromatic hydroxyl groups is 1. The first kappa shape index (κ1) is 21.8. The van der Waals surface area contributed by atoms with E-state index in [1.807, 2.05) is 31.2 Å². The van der Waals surface area contributed by atoms with E-state index in [0.29, 0.717) is 40.6 Å². The number of phenols is 1. The largest absolute Gasteiger partial charge is 0.507 e. The van der Waals surface area contributed by atoms with E-state index in [-0.39, 0.29) is 28.9 Å². The molecular formula is C23H22ClN3O5S. The first-order valence-corrected chi connectivity index (χ1v) is 12.8. The maximum Gasteiger partial charge on any atom is 0.273 e. The summed E-state index contributed by atoms with van der Waals surface area (Å²) >= 11 is 6.17. The zero-order valence-corrected chi connectivity index (χ0v) is 19.4. The Hall–Kier alpha value is -3.04. The van der Waals surface area contributed by atoms with E-state index in [9.17, 15) is 18.3 Å². The Labute approximate surface area is 196 Å². The molecule has 3 aromatic rings. The van der Waals surface area contributed by atoms with Gasteiger partial charge in [0.25, 0.3) is 5.91 Å². The number of sulfone groups is 1. The number of benzene rings is 2. The van der Waals surface area contributed by atoms with E-state index >= 15 is 0 Å². The molecule has 1 aromatic heterocycles. The molecule has 0 bridgehead atoms. The minimum Gasteiger partial charge on any atom is -0.507 e. The number of ether oxygens (including phenoxy) is 1. The summed E-state index contributed by atoms with van der Waals surface area (Å²) in [6.45, 7) is 2.42. The second-order valence-corrected chi connectivity index (χ2v) is 10.9. The maximum absolute atomic E-state index is 13.5. The van der Waals surface area contributed by atoms with Gasteiger partial charge in [-0.3, -0.25) is 9.89 Å². The third-order valence-corrected chi connectivity index (χ3v) is 8.11. The number of rotatable bonds is 5. The predicted molar refractivity (Wildman–Crippen MR) is 123 cm³/mol. The van der Waals surface area contributed by atoms with Crippen LogP contribution in [0.15, 0.2) is 42.5 Å². The van der Waals surface area contributed by atoms with E-state index in [0.717, 1.165) is 5.56 Å². The lowest BCUT2D eigenvalue weighted by Crippen LogP contribution is -2.40. The fraction of sp³-hybridized carbons (Fsp3) is 0.304. The number of H-pyrrole nitrogens is 1. The van der Waals surface area contributed by atoms with Crippen molar-refractivity contribution in [3.63, 3.8) is 0 Å². The number of hydrogen-bond acceptors (Lipinski definition) is 6. The highest BCUT2D eigenvalue weighted by molar-refractivity contribution is 7.91. The summed E-state index contributed by atoms with van der Waals surface area (Å²) in [4.78, 5) is 15.1. The molecule has 8 nitrogen and oxygen atoms in total. The highest BCUT2D eigenvalue weighted by Gasteiger charge is 2.48. The molecule has 0 spiro atoms. The molecule has 2 aromatic carbocycles. The first-order chi connectivity index (χ1) is 15.8. The molecule has 2 unspecified atom stereocenters. The standard InChI is InChI=1S/C23H22ClN3O5S/c1-2-32-16-6-3-13(4-7-16)22-19-20(17-11-14(24)5-8-18(17)28)25-26-21(19)23(29)27(22)15-9-10-33(30,31)12-15/h3-8,11,15,22,28H,2,9-10,12H2,1H3,(H,25,26). The number of carbonyl (C=O) groups excluding carboxylic acids is 1. The van der Waals surface area contributed by atoms with E-state index in [2.05, 4.69) is 10.2 Å². The zero-order chi connectivity index (χ0) is 23.3. The number of nitrogens with one attached hydrogen (secondary N) is 1. The molecule has 0 saturated carbocycles. The summed E-state index contributed by atoms with van der Waals surface area (Å²) in [5.74, 6) is 0.327. The van der Waals surface area contributed by atoms with Crippen molar-refractivity contribution < 1.29 is 23.1 Å². The number of fused-ring (bicyclic) bond motifs is 1. The number of hydrogen-bond donors (Lipinski definition) is 2. The van der Waals surface area contributed by atoms with E-state index in [4.69, 9.17) is 16.3 Å². The molecular weight excluding hydrogens is 466 g/mol. The summed E-state index contributed by atoms with van der Waals surface area (Å²) < 4.78 is 30.0. The Morgan fingerprint density at radius 3 is 2.67 bits per heavy atom. The third-order valence-electron chi connectivity index (χ3n) is 6.13. The van der Waals surface area contributed by atoms with Gasteiger partial charge in [0.1, 0.15) is 22.9 Å². The number of aromatic nitrogens is 2. The molecule has 2 N–H and O–H groups in total. The summed E-state index contributed by atoms with van der Waals surface area (Å²) in [7, 11) is -3.22. The van der Waals surface area contributed by atoms with E-state index < -0.39 is 21.9 Å². The molecule has 3 heterocycles. The van der Waals surface area contributed by atoms with Gasteiger partial charge in [-0.05, 0) is 49.2 Å². The summed E-state index contributed by atoms with van der Waals surface area (Å²) in [6.07, 6.45) is 0.372. The van der Waals surface area contributed by atoms with Crippen LogP contribution in [0.4, 0.5) is 0 Å². The van der Waals surface area contributed by atoms with Crippen molar-refractivity contribution in [2.45, 2.75) is 25.4 Å². The van der Waals surface area contributed by atoms with Crippen LogP contribution < -0.4 is 4.74 Å². The van der Waals surface area contributed by atoms with E-state index in [1.54, 1.807) is 17.0 Å². The van der Waals surface area contributed by atoms with Gasteiger partial charge in [0.15, 0.2) is 9.84 Å². The second-order valence-electron chi connectivity index (χ2n) is 8.20. The monoisotopic (exact) mass is 487 g/mol. The average molecular weight is 488 g/mol. The Kier molecular flexibility index (Phi) is 5.33. The highest BCUT2D eigenvalue weighted by Crippen LogP contribution is 2.47. The Morgan fingerprint density at radius 1 is 1.24 bits per heavy atom. The molecule has 2 atom stereocenters. The summed E-state index contributed by atoms with van der Waals surface area (Å²) in [5, 5.41) is 18.1. The van der Waals surface area contributed by atoms with Crippen LogP contribution in [-0.4, -0.2) is 58.7 Å². The van der Waals surface area contributed by atoms with Gasteiger partial charge >= 0.3 is 0 Å². The third kappa shape index (κ3) is 3.75. The molecule has 2 aliphatic heterocycles. The lowest BCUT2D eigenvalue weighted by molar-refractivity contribution is 0.0677. The van der Waals surface area contributed by atoms with Crippen molar-refractivity contribution in [1.82, 2.24) is 15.1 Å². The van der Waals surface area contributed by atoms with Crippen molar-refractivity contribution >= 4 is 27.3 Å².